The van der Waals surface area contributed by atoms with Crippen molar-refractivity contribution >= 4 is 31.6 Å². The Morgan fingerprint density at radius 1 is 1.10 bits per heavy atom. The van der Waals surface area contributed by atoms with Crippen molar-refractivity contribution in [2.45, 2.75) is 4.90 Å². The van der Waals surface area contributed by atoms with Crippen molar-refractivity contribution < 1.29 is 22.3 Å². The maximum atomic E-state index is 13.6. The lowest BCUT2D eigenvalue weighted by Crippen LogP contribution is -2.15. The lowest BCUT2D eigenvalue weighted by atomic mass is 10.3. The van der Waals surface area contributed by atoms with Crippen LogP contribution < -0.4 is 4.72 Å². The van der Waals surface area contributed by atoms with Crippen LogP contribution in [0.2, 0.25) is 0 Å². The molecule has 0 radical (unpaired) electrons. The van der Waals surface area contributed by atoms with Gasteiger partial charge in [0.05, 0.1) is 0 Å². The SMILES string of the molecule is O=S(=O)(Nc1ccc(O)cc1)c1c(F)cc(F)cc1Br. The van der Waals surface area contributed by atoms with Gasteiger partial charge in [0.1, 0.15) is 22.3 Å². The number of hydrogen-bond donors (Lipinski definition) is 2. The number of halogens is 3. The third kappa shape index (κ3) is 3.07. The molecule has 0 fully saturated rings. The topological polar surface area (TPSA) is 66.4 Å². The van der Waals surface area contributed by atoms with E-state index < -0.39 is 26.6 Å². The van der Waals surface area contributed by atoms with Gasteiger partial charge in [-0.25, -0.2) is 17.2 Å². The Labute approximate surface area is 122 Å². The van der Waals surface area contributed by atoms with Crippen molar-refractivity contribution in [3.05, 3.63) is 52.5 Å². The molecule has 0 bridgehead atoms. The second-order valence-electron chi connectivity index (χ2n) is 3.85. The van der Waals surface area contributed by atoms with Crippen LogP contribution in [0.3, 0.4) is 0 Å². The number of rotatable bonds is 3. The molecule has 2 aromatic carbocycles. The first kappa shape index (κ1) is 14.7. The highest BCUT2D eigenvalue weighted by Gasteiger charge is 2.23. The lowest BCUT2D eigenvalue weighted by molar-refractivity contribution is 0.475. The molecule has 0 aliphatic heterocycles. The molecule has 8 heteroatoms. The summed E-state index contributed by atoms with van der Waals surface area (Å²) in [4.78, 5) is -0.688. The molecule has 4 nitrogen and oxygen atoms in total. The molecule has 0 aliphatic carbocycles. The third-order valence-corrected chi connectivity index (χ3v) is 4.70. The van der Waals surface area contributed by atoms with E-state index in [1.807, 2.05) is 0 Å². The van der Waals surface area contributed by atoms with Crippen molar-refractivity contribution in [3.8, 4) is 5.75 Å². The molecule has 0 aliphatic rings. The zero-order valence-electron chi connectivity index (χ0n) is 9.77. The van der Waals surface area contributed by atoms with E-state index in [0.29, 0.717) is 6.07 Å². The highest BCUT2D eigenvalue weighted by molar-refractivity contribution is 9.10. The van der Waals surface area contributed by atoms with Gasteiger partial charge in [0.2, 0.25) is 0 Å². The molecule has 0 saturated carbocycles. The lowest BCUT2D eigenvalue weighted by Gasteiger charge is -2.10. The number of nitrogens with one attached hydrogen (secondary N) is 1. The van der Waals surface area contributed by atoms with Gasteiger partial charge in [-0.3, -0.25) is 4.72 Å². The zero-order valence-corrected chi connectivity index (χ0v) is 12.2. The minimum absolute atomic E-state index is 0.0397. The molecular formula is C12H8BrF2NO3S. The summed E-state index contributed by atoms with van der Waals surface area (Å²) in [6.07, 6.45) is 0. The molecule has 2 N–H and O–H groups in total. The van der Waals surface area contributed by atoms with E-state index in [1.54, 1.807) is 0 Å². The van der Waals surface area contributed by atoms with Crippen molar-refractivity contribution in [2.24, 2.45) is 0 Å². The van der Waals surface area contributed by atoms with Crippen LogP contribution in [0.15, 0.2) is 45.8 Å². The average molecular weight is 364 g/mol. The van der Waals surface area contributed by atoms with Gasteiger partial charge >= 0.3 is 0 Å². The van der Waals surface area contributed by atoms with Gasteiger partial charge in [-0.05, 0) is 46.3 Å². The quantitative estimate of drug-likeness (QED) is 0.822. The summed E-state index contributed by atoms with van der Waals surface area (Å²) in [5.74, 6) is -2.14. The first-order valence-electron chi connectivity index (χ1n) is 5.26. The highest BCUT2D eigenvalue weighted by Crippen LogP contribution is 2.28. The zero-order chi connectivity index (χ0) is 14.9. The van der Waals surface area contributed by atoms with Crippen LogP contribution in [0, 0.1) is 11.6 Å². The predicted molar refractivity (Wildman–Crippen MR) is 73.0 cm³/mol. The fourth-order valence-corrected chi connectivity index (χ4v) is 3.75. The smallest absolute Gasteiger partial charge is 0.265 e. The Kier molecular flexibility index (Phi) is 3.96. The number of phenols is 1. The first-order valence-corrected chi connectivity index (χ1v) is 7.53. The molecule has 20 heavy (non-hydrogen) atoms. The van der Waals surface area contributed by atoms with E-state index in [4.69, 9.17) is 5.11 Å². The molecule has 0 atom stereocenters. The molecule has 0 heterocycles. The molecule has 0 saturated heterocycles. The first-order chi connectivity index (χ1) is 9.29. The monoisotopic (exact) mass is 363 g/mol. The Hall–Kier alpha value is -1.67. The molecule has 0 aromatic heterocycles. The second-order valence-corrected chi connectivity index (χ2v) is 6.32. The Bertz CT molecular complexity index is 725. The normalized spacial score (nSPS) is 11.3. The fourth-order valence-electron chi connectivity index (χ4n) is 1.52. The largest absolute Gasteiger partial charge is 0.508 e. The van der Waals surface area contributed by atoms with Gasteiger partial charge in [0.15, 0.2) is 0 Å². The third-order valence-electron chi connectivity index (χ3n) is 2.35. The van der Waals surface area contributed by atoms with Crippen LogP contribution in [0.4, 0.5) is 14.5 Å². The summed E-state index contributed by atoms with van der Waals surface area (Å²) in [7, 11) is -4.22. The molecule has 2 aromatic rings. The van der Waals surface area contributed by atoms with Crippen LogP contribution in [-0.4, -0.2) is 13.5 Å². The molecule has 106 valence electrons. The van der Waals surface area contributed by atoms with E-state index in [-0.39, 0.29) is 15.9 Å². The average Bonchev–Trinajstić information content (AvgIpc) is 2.30. The summed E-state index contributed by atoms with van der Waals surface area (Å²) in [6, 6.07) is 6.50. The minimum atomic E-state index is -4.22. The summed E-state index contributed by atoms with van der Waals surface area (Å²) in [5.41, 5.74) is 0.137. The number of aromatic hydroxyl groups is 1. The number of sulfonamides is 1. The minimum Gasteiger partial charge on any atom is -0.508 e. The van der Waals surface area contributed by atoms with Crippen molar-refractivity contribution in [3.63, 3.8) is 0 Å². The number of hydrogen-bond acceptors (Lipinski definition) is 3. The van der Waals surface area contributed by atoms with Crippen molar-refractivity contribution in [1.29, 1.82) is 0 Å². The van der Waals surface area contributed by atoms with Crippen LogP contribution >= 0.6 is 15.9 Å². The van der Waals surface area contributed by atoms with Gasteiger partial charge < -0.3 is 5.11 Å². The Morgan fingerprint density at radius 3 is 2.25 bits per heavy atom. The fraction of sp³-hybridized carbons (Fsp3) is 0. The summed E-state index contributed by atoms with van der Waals surface area (Å²) in [6.45, 7) is 0. The highest BCUT2D eigenvalue weighted by atomic mass is 79.9. The van der Waals surface area contributed by atoms with Crippen LogP contribution in [0.25, 0.3) is 0 Å². The van der Waals surface area contributed by atoms with Crippen LogP contribution in [0.1, 0.15) is 0 Å². The maximum absolute atomic E-state index is 13.6. The predicted octanol–water partition coefficient (Wildman–Crippen LogP) is 3.23. The number of anilines is 1. The molecule has 2 rings (SSSR count). The van der Waals surface area contributed by atoms with Gasteiger partial charge in [0, 0.05) is 16.2 Å². The van der Waals surface area contributed by atoms with Crippen LogP contribution in [0.5, 0.6) is 5.75 Å². The number of phenolic OH excluding ortho intramolecular Hbond substituents is 1. The molecule has 0 amide bonds. The Balaban J connectivity index is 2.43. The standard InChI is InChI=1S/C12H8BrF2NO3S/c13-10-5-7(14)6-11(15)12(10)20(18,19)16-8-1-3-9(17)4-2-8/h1-6,16-17H. The Morgan fingerprint density at radius 2 is 1.70 bits per heavy atom. The van der Waals surface area contributed by atoms with E-state index in [1.165, 1.54) is 24.3 Å². The van der Waals surface area contributed by atoms with Crippen molar-refractivity contribution in [1.82, 2.24) is 0 Å². The summed E-state index contributed by atoms with van der Waals surface area (Å²) >= 11 is 2.82. The van der Waals surface area contributed by atoms with Gasteiger partial charge in [-0.2, -0.15) is 0 Å². The number of benzene rings is 2. The molecular weight excluding hydrogens is 356 g/mol. The van der Waals surface area contributed by atoms with Gasteiger partial charge in [0.25, 0.3) is 10.0 Å². The van der Waals surface area contributed by atoms with E-state index in [9.17, 15) is 17.2 Å². The molecule has 0 spiro atoms. The van der Waals surface area contributed by atoms with Gasteiger partial charge in [-0.15, -0.1) is 0 Å². The summed E-state index contributed by atoms with van der Waals surface area (Å²) in [5, 5.41) is 9.10. The van der Waals surface area contributed by atoms with E-state index in [2.05, 4.69) is 20.7 Å². The van der Waals surface area contributed by atoms with E-state index >= 15 is 0 Å². The second kappa shape index (κ2) is 5.37. The van der Waals surface area contributed by atoms with Crippen LogP contribution in [-0.2, 0) is 10.0 Å². The van der Waals surface area contributed by atoms with E-state index in [0.717, 1.165) is 6.07 Å². The molecule has 0 unspecified atom stereocenters. The maximum Gasteiger partial charge on any atom is 0.265 e. The van der Waals surface area contributed by atoms with Crippen molar-refractivity contribution in [2.75, 3.05) is 4.72 Å². The summed E-state index contributed by atoms with van der Waals surface area (Å²) < 4.78 is 52.7. The van der Waals surface area contributed by atoms with Gasteiger partial charge in [-0.1, -0.05) is 0 Å².